The topological polar surface area (TPSA) is 28.7 Å². The summed E-state index contributed by atoms with van der Waals surface area (Å²) in [5, 5.41) is 1.38. The molecule has 120 valence electrons. The van der Waals surface area contributed by atoms with Crippen LogP contribution in [0.1, 0.15) is 17.0 Å². The molecule has 1 aromatic heterocycles. The Morgan fingerprint density at radius 2 is 1.87 bits per heavy atom. The van der Waals surface area contributed by atoms with E-state index in [9.17, 15) is 0 Å². The number of nitrogens with zero attached hydrogens (tertiary/aromatic N) is 1. The molecule has 0 unspecified atom stereocenters. The van der Waals surface area contributed by atoms with Crippen LogP contribution >= 0.6 is 47.4 Å². The Morgan fingerprint density at radius 1 is 1.04 bits per heavy atom. The molecule has 0 bridgehead atoms. The van der Waals surface area contributed by atoms with Crippen LogP contribution in [-0.4, -0.2) is 9.97 Å². The second kappa shape index (κ2) is 8.65. The number of rotatable bonds is 5. The molecule has 1 N–H and O–H groups in total. The molecule has 6 heteroatoms. The molecule has 0 radical (unpaired) electrons. The highest BCUT2D eigenvalue weighted by Gasteiger charge is 2.07. The molecule has 0 aliphatic heterocycles. The van der Waals surface area contributed by atoms with E-state index in [0.717, 1.165) is 23.6 Å². The lowest BCUT2D eigenvalue weighted by Crippen LogP contribution is -1.93. The van der Waals surface area contributed by atoms with Gasteiger partial charge >= 0.3 is 0 Å². The van der Waals surface area contributed by atoms with Crippen molar-refractivity contribution in [2.75, 3.05) is 0 Å². The summed E-state index contributed by atoms with van der Waals surface area (Å²) >= 11 is 13.9. The van der Waals surface area contributed by atoms with Crippen molar-refractivity contribution < 1.29 is 0 Å². The van der Waals surface area contributed by atoms with Gasteiger partial charge in [-0.05, 0) is 29.3 Å². The summed E-state index contributed by atoms with van der Waals surface area (Å²) in [4.78, 5) is 8.68. The molecule has 2 nitrogen and oxygen atoms in total. The average Bonchev–Trinajstić information content (AvgIpc) is 3.01. The number of aromatic nitrogens is 2. The van der Waals surface area contributed by atoms with Gasteiger partial charge in [0.1, 0.15) is 5.82 Å². The van der Waals surface area contributed by atoms with Crippen molar-refractivity contribution in [1.82, 2.24) is 9.97 Å². The fourth-order valence-electron chi connectivity index (χ4n) is 2.16. The van der Waals surface area contributed by atoms with Crippen LogP contribution in [0.2, 0.25) is 10.0 Å². The largest absolute Gasteiger partial charge is 0.348 e. The Balaban J connectivity index is 0.00000192. The molecule has 0 fully saturated rings. The number of hydrogen-bond donors (Lipinski definition) is 1. The van der Waals surface area contributed by atoms with Crippen molar-refractivity contribution in [3.63, 3.8) is 0 Å². The maximum absolute atomic E-state index is 6.24. The van der Waals surface area contributed by atoms with E-state index in [2.05, 4.69) is 34.2 Å². The first-order valence-electron chi connectivity index (χ1n) is 6.85. The summed E-state index contributed by atoms with van der Waals surface area (Å²) in [6.07, 6.45) is 4.42. The first-order valence-corrected chi connectivity index (χ1v) is 8.59. The van der Waals surface area contributed by atoms with Gasteiger partial charge in [0.2, 0.25) is 0 Å². The lowest BCUT2D eigenvalue weighted by Gasteiger charge is -2.09. The smallest absolute Gasteiger partial charge is 0.110 e. The zero-order valence-corrected chi connectivity index (χ0v) is 15.3. The maximum atomic E-state index is 6.24. The van der Waals surface area contributed by atoms with E-state index >= 15 is 0 Å². The van der Waals surface area contributed by atoms with Gasteiger partial charge in [-0.1, -0.05) is 47.5 Å². The summed E-state index contributed by atoms with van der Waals surface area (Å²) in [6, 6.07) is 14.0. The van der Waals surface area contributed by atoms with Crippen molar-refractivity contribution in [2.24, 2.45) is 0 Å². The fourth-order valence-corrected chi connectivity index (χ4v) is 3.78. The summed E-state index contributed by atoms with van der Waals surface area (Å²) in [7, 11) is 0. The van der Waals surface area contributed by atoms with Gasteiger partial charge in [0, 0.05) is 39.5 Å². The third kappa shape index (κ3) is 4.92. The fraction of sp³-hybridized carbons (Fsp3) is 0.118. The minimum Gasteiger partial charge on any atom is -0.348 e. The lowest BCUT2D eigenvalue weighted by atomic mass is 10.1. The predicted octanol–water partition coefficient (Wildman–Crippen LogP) is 6.02. The number of H-pyrrole nitrogens is 1. The van der Waals surface area contributed by atoms with E-state index < -0.39 is 0 Å². The molecule has 3 aromatic rings. The molecule has 0 saturated carbocycles. The van der Waals surface area contributed by atoms with Crippen LogP contribution in [0.25, 0.3) is 0 Å². The Morgan fingerprint density at radius 3 is 2.61 bits per heavy atom. The minimum atomic E-state index is 0. The van der Waals surface area contributed by atoms with Crippen molar-refractivity contribution in [2.45, 2.75) is 17.1 Å². The molecule has 0 aliphatic rings. The van der Waals surface area contributed by atoms with E-state index in [1.807, 2.05) is 18.3 Å². The van der Waals surface area contributed by atoms with Crippen molar-refractivity contribution in [1.29, 1.82) is 0 Å². The SMILES string of the molecule is Cl.Clc1ccc(CSc2ccccc2Cc2ncc[nH]2)c(Cl)c1. The van der Waals surface area contributed by atoms with E-state index in [4.69, 9.17) is 23.2 Å². The van der Waals surface area contributed by atoms with Crippen LogP contribution in [0.15, 0.2) is 59.8 Å². The summed E-state index contributed by atoms with van der Waals surface area (Å²) in [5.41, 5.74) is 2.34. The van der Waals surface area contributed by atoms with Gasteiger partial charge in [-0.15, -0.1) is 24.2 Å². The Labute approximate surface area is 156 Å². The van der Waals surface area contributed by atoms with Crippen LogP contribution in [-0.2, 0) is 12.2 Å². The number of nitrogens with one attached hydrogen (secondary N) is 1. The van der Waals surface area contributed by atoms with E-state index in [0.29, 0.717) is 10.0 Å². The van der Waals surface area contributed by atoms with Crippen LogP contribution in [0.3, 0.4) is 0 Å². The first kappa shape index (κ1) is 18.2. The molecule has 0 spiro atoms. The number of thioether (sulfide) groups is 1. The van der Waals surface area contributed by atoms with Gasteiger partial charge in [-0.2, -0.15) is 0 Å². The monoisotopic (exact) mass is 384 g/mol. The maximum Gasteiger partial charge on any atom is 0.110 e. The normalized spacial score (nSPS) is 10.3. The van der Waals surface area contributed by atoms with Gasteiger partial charge in [0.05, 0.1) is 0 Å². The van der Waals surface area contributed by atoms with Crippen molar-refractivity contribution in [3.05, 3.63) is 81.9 Å². The van der Waals surface area contributed by atoms with Crippen molar-refractivity contribution in [3.8, 4) is 0 Å². The molecule has 0 aliphatic carbocycles. The quantitative estimate of drug-likeness (QED) is 0.544. The van der Waals surface area contributed by atoms with E-state index in [1.54, 1.807) is 24.0 Å². The highest BCUT2D eigenvalue weighted by Crippen LogP contribution is 2.31. The van der Waals surface area contributed by atoms with Crippen LogP contribution in [0.5, 0.6) is 0 Å². The number of hydrogen-bond acceptors (Lipinski definition) is 2. The average molecular weight is 386 g/mol. The number of aromatic amines is 1. The van der Waals surface area contributed by atoms with Gasteiger partial charge in [-0.3, -0.25) is 0 Å². The van der Waals surface area contributed by atoms with Gasteiger partial charge in [0.25, 0.3) is 0 Å². The second-order valence-electron chi connectivity index (χ2n) is 4.84. The standard InChI is InChI=1S/C17H14Cl2N2S.ClH/c18-14-6-5-13(15(19)10-14)11-22-16-4-2-1-3-12(16)9-17-20-7-8-21-17;/h1-8,10H,9,11H2,(H,20,21);1H. The first-order chi connectivity index (χ1) is 10.7. The summed E-state index contributed by atoms with van der Waals surface area (Å²) in [5.74, 6) is 1.78. The zero-order chi connectivity index (χ0) is 15.4. The van der Waals surface area contributed by atoms with Crippen molar-refractivity contribution >= 4 is 47.4 Å². The molecular formula is C17H15Cl3N2S. The Bertz CT molecular complexity index is 760. The van der Waals surface area contributed by atoms with Gasteiger partial charge in [-0.25, -0.2) is 4.98 Å². The molecule has 0 saturated heterocycles. The van der Waals surface area contributed by atoms with Crippen LogP contribution in [0.4, 0.5) is 0 Å². The Kier molecular flexibility index (Phi) is 6.85. The van der Waals surface area contributed by atoms with Gasteiger partial charge < -0.3 is 4.98 Å². The molecule has 1 heterocycles. The minimum absolute atomic E-state index is 0. The number of halogens is 3. The zero-order valence-electron chi connectivity index (χ0n) is 12.1. The molecule has 0 amide bonds. The Hall–Kier alpha value is -1.13. The molecule has 23 heavy (non-hydrogen) atoms. The van der Waals surface area contributed by atoms with E-state index in [-0.39, 0.29) is 12.4 Å². The summed E-state index contributed by atoms with van der Waals surface area (Å²) in [6.45, 7) is 0. The number of benzene rings is 2. The van der Waals surface area contributed by atoms with Gasteiger partial charge in [0.15, 0.2) is 0 Å². The number of imidazole rings is 1. The second-order valence-corrected chi connectivity index (χ2v) is 6.71. The molecule has 3 rings (SSSR count). The third-order valence-corrected chi connectivity index (χ3v) is 5.04. The van der Waals surface area contributed by atoms with E-state index in [1.165, 1.54) is 10.5 Å². The van der Waals surface area contributed by atoms with Crippen LogP contribution < -0.4 is 0 Å². The molecule has 0 atom stereocenters. The highest BCUT2D eigenvalue weighted by atomic mass is 35.5. The molecule has 2 aromatic carbocycles. The van der Waals surface area contributed by atoms with Crippen LogP contribution in [0, 0.1) is 0 Å². The summed E-state index contributed by atoms with van der Waals surface area (Å²) < 4.78 is 0. The highest BCUT2D eigenvalue weighted by molar-refractivity contribution is 7.98. The lowest BCUT2D eigenvalue weighted by molar-refractivity contribution is 1.00. The third-order valence-electron chi connectivity index (χ3n) is 3.28. The predicted molar refractivity (Wildman–Crippen MR) is 101 cm³/mol. The molecular weight excluding hydrogens is 371 g/mol.